The molecule has 0 bridgehead atoms. The zero-order chi connectivity index (χ0) is 17.4. The molecule has 1 aromatic heterocycles. The molecule has 0 saturated carbocycles. The third-order valence-corrected chi connectivity index (χ3v) is 5.10. The van der Waals surface area contributed by atoms with Crippen molar-refractivity contribution in [1.82, 2.24) is 9.88 Å². The standard InChI is InChI=1S/C17H14N4O3S/c22-17(19-13-10-12-4-1-2-6-15(12)18-11-13)14-5-3-7-21-8-9-25(23,24)20-16(14)21/h1-7,10-11H,8-9H2,(H,19,22). The van der Waals surface area contributed by atoms with E-state index in [0.717, 1.165) is 10.9 Å². The number of carbonyl (C=O) groups excluding carboxylic acids is 1. The van der Waals surface area contributed by atoms with E-state index in [1.165, 1.54) is 0 Å². The number of sulfonamides is 1. The first-order valence-corrected chi connectivity index (χ1v) is 9.27. The number of allylic oxidation sites excluding steroid dienone is 2. The number of aromatic nitrogens is 1. The number of rotatable bonds is 2. The normalized spacial score (nSPS) is 18.3. The van der Waals surface area contributed by atoms with Gasteiger partial charge in [0.15, 0.2) is 5.84 Å². The SMILES string of the molecule is O=C(Nc1cnc2ccccc2c1)C1=CC=CN2CCS(=O)(=O)N=C12. The number of pyridine rings is 1. The van der Waals surface area contributed by atoms with Gasteiger partial charge in [0, 0.05) is 18.1 Å². The summed E-state index contributed by atoms with van der Waals surface area (Å²) in [4.78, 5) is 18.6. The number of fused-ring (bicyclic) bond motifs is 2. The number of amidine groups is 1. The van der Waals surface area contributed by atoms with E-state index < -0.39 is 15.9 Å². The molecule has 0 unspecified atom stereocenters. The lowest BCUT2D eigenvalue weighted by Gasteiger charge is -2.28. The van der Waals surface area contributed by atoms with Gasteiger partial charge >= 0.3 is 0 Å². The first kappa shape index (κ1) is 15.5. The van der Waals surface area contributed by atoms with Crippen LogP contribution >= 0.6 is 0 Å². The molecule has 1 amide bonds. The van der Waals surface area contributed by atoms with Gasteiger partial charge in [-0.1, -0.05) is 18.2 Å². The first-order valence-electron chi connectivity index (χ1n) is 7.66. The van der Waals surface area contributed by atoms with E-state index in [9.17, 15) is 13.2 Å². The van der Waals surface area contributed by atoms with Gasteiger partial charge in [0.05, 0.1) is 28.7 Å². The minimum Gasteiger partial charge on any atom is -0.331 e. The second-order valence-corrected chi connectivity index (χ2v) is 7.44. The topological polar surface area (TPSA) is 91.7 Å². The van der Waals surface area contributed by atoms with E-state index in [4.69, 9.17) is 0 Å². The van der Waals surface area contributed by atoms with Crippen molar-refractivity contribution in [2.45, 2.75) is 0 Å². The third kappa shape index (κ3) is 3.03. The molecule has 1 aromatic carbocycles. The Morgan fingerprint density at radius 3 is 2.96 bits per heavy atom. The maximum absolute atomic E-state index is 12.6. The zero-order valence-corrected chi connectivity index (χ0v) is 13.9. The molecular formula is C17H14N4O3S. The van der Waals surface area contributed by atoms with Crippen LogP contribution in [0.1, 0.15) is 0 Å². The van der Waals surface area contributed by atoms with Crippen LogP contribution in [-0.2, 0) is 14.8 Å². The quantitative estimate of drug-likeness (QED) is 0.886. The summed E-state index contributed by atoms with van der Waals surface area (Å²) in [6.07, 6.45) is 6.53. The summed E-state index contributed by atoms with van der Waals surface area (Å²) >= 11 is 0. The number of hydrogen-bond donors (Lipinski definition) is 1. The summed E-state index contributed by atoms with van der Waals surface area (Å²) in [5.41, 5.74) is 1.57. The smallest absolute Gasteiger partial charge is 0.259 e. The molecule has 0 atom stereocenters. The molecular weight excluding hydrogens is 340 g/mol. The van der Waals surface area contributed by atoms with E-state index in [0.29, 0.717) is 5.69 Å². The number of benzene rings is 1. The van der Waals surface area contributed by atoms with Crippen LogP contribution < -0.4 is 5.32 Å². The molecule has 7 nitrogen and oxygen atoms in total. The Labute approximate surface area is 144 Å². The lowest BCUT2D eigenvalue weighted by atomic mass is 10.1. The number of nitrogens with zero attached hydrogens (tertiary/aromatic N) is 3. The summed E-state index contributed by atoms with van der Waals surface area (Å²) in [6, 6.07) is 9.39. The second-order valence-electron chi connectivity index (χ2n) is 5.69. The lowest BCUT2D eigenvalue weighted by Crippen LogP contribution is -2.40. The number of hydrogen-bond acceptors (Lipinski definition) is 5. The van der Waals surface area contributed by atoms with E-state index >= 15 is 0 Å². The van der Waals surface area contributed by atoms with Gasteiger partial charge in [-0.05, 0) is 24.3 Å². The Morgan fingerprint density at radius 1 is 1.24 bits per heavy atom. The van der Waals surface area contributed by atoms with Crippen molar-refractivity contribution < 1.29 is 13.2 Å². The highest BCUT2D eigenvalue weighted by molar-refractivity contribution is 7.90. The predicted molar refractivity (Wildman–Crippen MR) is 95.5 cm³/mol. The molecule has 126 valence electrons. The van der Waals surface area contributed by atoms with Crippen molar-refractivity contribution in [2.75, 3.05) is 17.6 Å². The van der Waals surface area contributed by atoms with Crippen molar-refractivity contribution in [3.05, 3.63) is 60.5 Å². The maximum Gasteiger partial charge on any atom is 0.259 e. The van der Waals surface area contributed by atoms with E-state index in [-0.39, 0.29) is 23.7 Å². The molecule has 3 heterocycles. The Bertz CT molecular complexity index is 1070. The van der Waals surface area contributed by atoms with Gasteiger partial charge in [-0.2, -0.15) is 0 Å². The van der Waals surface area contributed by atoms with Crippen molar-refractivity contribution in [1.29, 1.82) is 0 Å². The fourth-order valence-electron chi connectivity index (χ4n) is 2.73. The van der Waals surface area contributed by atoms with Crippen LogP contribution in [0, 0.1) is 0 Å². The first-order chi connectivity index (χ1) is 12.0. The average molecular weight is 354 g/mol. The van der Waals surface area contributed by atoms with Crippen molar-refractivity contribution in [3.8, 4) is 0 Å². The van der Waals surface area contributed by atoms with Gasteiger partial charge in [-0.25, -0.2) is 8.42 Å². The Balaban J connectivity index is 1.64. The molecule has 2 aromatic rings. The van der Waals surface area contributed by atoms with Gasteiger partial charge in [-0.15, -0.1) is 4.40 Å². The monoisotopic (exact) mass is 354 g/mol. The number of amides is 1. The Morgan fingerprint density at radius 2 is 2.08 bits per heavy atom. The van der Waals surface area contributed by atoms with Crippen LogP contribution in [0.25, 0.3) is 10.9 Å². The van der Waals surface area contributed by atoms with E-state index in [1.807, 2.05) is 30.3 Å². The van der Waals surface area contributed by atoms with Gasteiger partial charge < -0.3 is 10.2 Å². The fourth-order valence-corrected chi connectivity index (χ4v) is 3.72. The largest absolute Gasteiger partial charge is 0.331 e. The Kier molecular flexibility index (Phi) is 3.61. The van der Waals surface area contributed by atoms with Crippen molar-refractivity contribution in [3.63, 3.8) is 0 Å². The van der Waals surface area contributed by atoms with Gasteiger partial charge in [0.25, 0.3) is 15.9 Å². The third-order valence-electron chi connectivity index (χ3n) is 3.95. The number of para-hydroxylation sites is 1. The van der Waals surface area contributed by atoms with Crippen LogP contribution in [0.4, 0.5) is 5.69 Å². The maximum atomic E-state index is 12.6. The van der Waals surface area contributed by atoms with Gasteiger partial charge in [0.2, 0.25) is 0 Å². The molecule has 0 fully saturated rings. The molecule has 0 radical (unpaired) electrons. The van der Waals surface area contributed by atoms with E-state index in [1.54, 1.807) is 29.4 Å². The summed E-state index contributed by atoms with van der Waals surface area (Å²) in [5.74, 6) is -0.341. The van der Waals surface area contributed by atoms with Crippen LogP contribution in [0.15, 0.2) is 64.9 Å². The molecule has 2 aliphatic rings. The van der Waals surface area contributed by atoms with Crippen LogP contribution in [-0.4, -0.2) is 42.3 Å². The summed E-state index contributed by atoms with van der Waals surface area (Å²) in [6.45, 7) is 0.278. The number of anilines is 1. The minimum absolute atomic E-state index is 0.0651. The molecule has 8 heteroatoms. The molecule has 25 heavy (non-hydrogen) atoms. The van der Waals surface area contributed by atoms with Crippen LogP contribution in [0.2, 0.25) is 0 Å². The highest BCUT2D eigenvalue weighted by Crippen LogP contribution is 2.20. The number of carbonyl (C=O) groups is 1. The van der Waals surface area contributed by atoms with Gasteiger partial charge in [-0.3, -0.25) is 9.78 Å². The summed E-state index contributed by atoms with van der Waals surface area (Å²) in [7, 11) is -3.54. The molecule has 0 saturated heterocycles. The molecule has 0 spiro atoms. The van der Waals surface area contributed by atoms with Crippen LogP contribution in [0.5, 0.6) is 0 Å². The van der Waals surface area contributed by atoms with Gasteiger partial charge in [0.1, 0.15) is 0 Å². The summed E-state index contributed by atoms with van der Waals surface area (Å²) < 4.78 is 27.3. The predicted octanol–water partition coefficient (Wildman–Crippen LogP) is 1.67. The molecule has 1 N–H and O–H groups in total. The lowest BCUT2D eigenvalue weighted by molar-refractivity contribution is -0.112. The Hall–Kier alpha value is -3.00. The molecule has 4 rings (SSSR count). The highest BCUT2D eigenvalue weighted by Gasteiger charge is 2.29. The van der Waals surface area contributed by atoms with Crippen LogP contribution in [0.3, 0.4) is 0 Å². The van der Waals surface area contributed by atoms with Crippen molar-refractivity contribution >= 4 is 38.4 Å². The average Bonchev–Trinajstić information content (AvgIpc) is 2.60. The van der Waals surface area contributed by atoms with E-state index in [2.05, 4.69) is 14.7 Å². The minimum atomic E-state index is -3.54. The highest BCUT2D eigenvalue weighted by atomic mass is 32.2. The second kappa shape index (κ2) is 5.82. The fraction of sp³-hybridized carbons (Fsp3) is 0.118. The van der Waals surface area contributed by atoms with Crippen molar-refractivity contribution in [2.24, 2.45) is 4.40 Å². The number of nitrogens with one attached hydrogen (secondary N) is 1. The summed E-state index contributed by atoms with van der Waals surface area (Å²) in [5, 5.41) is 3.66. The molecule has 0 aliphatic carbocycles. The molecule has 2 aliphatic heterocycles. The zero-order valence-electron chi connectivity index (χ0n) is 13.1.